The number of hydrogen-bond donors (Lipinski definition) is 1. The summed E-state index contributed by atoms with van der Waals surface area (Å²) in [6.07, 6.45) is 5.52. The Morgan fingerprint density at radius 2 is 2.24 bits per heavy atom. The molecule has 3 rings (SSSR count). The Labute approximate surface area is 105 Å². The maximum absolute atomic E-state index is 4.61. The van der Waals surface area contributed by atoms with Gasteiger partial charge in [-0.15, -0.1) is 11.3 Å². The lowest BCUT2D eigenvalue weighted by Crippen LogP contribution is -2.19. The third kappa shape index (κ3) is 2.90. The lowest BCUT2D eigenvalue weighted by atomic mass is 10.3. The molecule has 3 nitrogen and oxygen atoms in total. The van der Waals surface area contributed by atoms with Crippen molar-refractivity contribution in [2.24, 2.45) is 0 Å². The second-order valence-corrected chi connectivity index (χ2v) is 5.26. The summed E-state index contributed by atoms with van der Waals surface area (Å²) in [5.41, 5.74) is 1.96. The highest BCUT2D eigenvalue weighted by Crippen LogP contribution is 2.21. The van der Waals surface area contributed by atoms with Crippen molar-refractivity contribution < 1.29 is 0 Å². The van der Waals surface area contributed by atoms with Crippen molar-refractivity contribution in [1.29, 1.82) is 0 Å². The molecule has 1 saturated carbocycles. The SMILES string of the molecule is c1ccc(-c2csc(CCNC3CC3)n2)nc1. The molecule has 4 heteroatoms. The monoisotopic (exact) mass is 245 g/mol. The fourth-order valence-corrected chi connectivity index (χ4v) is 2.52. The molecule has 0 radical (unpaired) electrons. The first-order valence-electron chi connectivity index (χ1n) is 6.01. The van der Waals surface area contributed by atoms with Crippen molar-refractivity contribution in [3.05, 3.63) is 34.8 Å². The van der Waals surface area contributed by atoms with E-state index in [0.29, 0.717) is 0 Å². The molecule has 1 N–H and O–H groups in total. The molecule has 0 atom stereocenters. The fraction of sp³-hybridized carbons (Fsp3) is 0.385. The highest BCUT2D eigenvalue weighted by atomic mass is 32.1. The van der Waals surface area contributed by atoms with Crippen LogP contribution >= 0.6 is 11.3 Å². The largest absolute Gasteiger partial charge is 0.314 e. The standard InChI is InChI=1S/C13H15N3S/c1-2-7-15-11(3-1)12-9-17-13(16-12)6-8-14-10-4-5-10/h1-3,7,9-10,14H,4-6,8H2. The minimum atomic E-state index is 0.783. The van der Waals surface area contributed by atoms with Crippen LogP contribution in [0.5, 0.6) is 0 Å². The topological polar surface area (TPSA) is 37.8 Å². The Bertz CT molecular complexity index is 476. The van der Waals surface area contributed by atoms with Crippen LogP contribution in [0.4, 0.5) is 0 Å². The van der Waals surface area contributed by atoms with E-state index in [1.54, 1.807) is 11.3 Å². The van der Waals surface area contributed by atoms with Crippen LogP contribution < -0.4 is 5.32 Å². The zero-order valence-electron chi connectivity index (χ0n) is 9.60. The van der Waals surface area contributed by atoms with E-state index < -0.39 is 0 Å². The number of thiazole rings is 1. The average Bonchev–Trinajstić information content (AvgIpc) is 3.07. The summed E-state index contributed by atoms with van der Waals surface area (Å²) in [6, 6.07) is 6.71. The highest BCUT2D eigenvalue weighted by Gasteiger charge is 2.19. The summed E-state index contributed by atoms with van der Waals surface area (Å²) in [4.78, 5) is 8.92. The average molecular weight is 245 g/mol. The van der Waals surface area contributed by atoms with Gasteiger partial charge in [0.2, 0.25) is 0 Å². The zero-order chi connectivity index (χ0) is 11.5. The summed E-state index contributed by atoms with van der Waals surface area (Å²) in [5, 5.41) is 6.79. The van der Waals surface area contributed by atoms with E-state index in [-0.39, 0.29) is 0 Å². The summed E-state index contributed by atoms with van der Waals surface area (Å²) >= 11 is 1.73. The van der Waals surface area contributed by atoms with E-state index >= 15 is 0 Å². The van der Waals surface area contributed by atoms with Crippen molar-refractivity contribution in [3.8, 4) is 11.4 Å². The van der Waals surface area contributed by atoms with Crippen LogP contribution in [0.3, 0.4) is 0 Å². The van der Waals surface area contributed by atoms with Gasteiger partial charge in [-0.05, 0) is 25.0 Å². The van der Waals surface area contributed by atoms with E-state index in [4.69, 9.17) is 0 Å². The number of pyridine rings is 1. The van der Waals surface area contributed by atoms with Crippen LogP contribution in [-0.4, -0.2) is 22.6 Å². The number of rotatable bonds is 5. The second-order valence-electron chi connectivity index (χ2n) is 4.32. The fourth-order valence-electron chi connectivity index (χ4n) is 1.73. The molecule has 0 spiro atoms. The Kier molecular flexibility index (Phi) is 3.16. The van der Waals surface area contributed by atoms with Crippen LogP contribution in [0.15, 0.2) is 29.8 Å². The molecule has 2 aromatic heterocycles. The number of nitrogens with zero attached hydrogens (tertiary/aromatic N) is 2. The minimum Gasteiger partial charge on any atom is -0.314 e. The van der Waals surface area contributed by atoms with Crippen LogP contribution in [0.2, 0.25) is 0 Å². The molecule has 0 aromatic carbocycles. The Morgan fingerprint density at radius 3 is 3.00 bits per heavy atom. The number of aromatic nitrogens is 2. The second kappa shape index (κ2) is 4.94. The molecule has 2 heterocycles. The Hall–Kier alpha value is -1.26. The summed E-state index contributed by atoms with van der Waals surface area (Å²) in [7, 11) is 0. The van der Waals surface area contributed by atoms with E-state index in [2.05, 4.69) is 20.7 Å². The maximum atomic E-state index is 4.61. The molecule has 1 aliphatic rings. The van der Waals surface area contributed by atoms with E-state index in [9.17, 15) is 0 Å². The van der Waals surface area contributed by atoms with Gasteiger partial charge in [-0.2, -0.15) is 0 Å². The van der Waals surface area contributed by atoms with Crippen molar-refractivity contribution >= 4 is 11.3 Å². The molecule has 0 saturated heterocycles. The molecule has 0 bridgehead atoms. The molecule has 0 amide bonds. The third-order valence-electron chi connectivity index (χ3n) is 2.83. The molecule has 0 unspecified atom stereocenters. The first-order valence-corrected chi connectivity index (χ1v) is 6.89. The molecule has 1 fully saturated rings. The van der Waals surface area contributed by atoms with Crippen molar-refractivity contribution in [2.45, 2.75) is 25.3 Å². The lowest BCUT2D eigenvalue weighted by Gasteiger charge is -1.98. The van der Waals surface area contributed by atoms with Gasteiger partial charge < -0.3 is 5.32 Å². The van der Waals surface area contributed by atoms with Gasteiger partial charge in [0, 0.05) is 30.6 Å². The van der Waals surface area contributed by atoms with Gasteiger partial charge in [-0.25, -0.2) is 4.98 Å². The summed E-state index contributed by atoms with van der Waals surface area (Å²) in [5.74, 6) is 0. The minimum absolute atomic E-state index is 0.783. The van der Waals surface area contributed by atoms with Gasteiger partial charge in [0.15, 0.2) is 0 Å². The van der Waals surface area contributed by atoms with Gasteiger partial charge in [-0.3, -0.25) is 4.98 Å². The Balaban J connectivity index is 1.61. The zero-order valence-corrected chi connectivity index (χ0v) is 10.4. The van der Waals surface area contributed by atoms with Gasteiger partial charge in [0.25, 0.3) is 0 Å². The lowest BCUT2D eigenvalue weighted by molar-refractivity contribution is 0.680. The van der Waals surface area contributed by atoms with Crippen molar-refractivity contribution in [1.82, 2.24) is 15.3 Å². The molecule has 1 aliphatic carbocycles. The maximum Gasteiger partial charge on any atom is 0.0998 e. The van der Waals surface area contributed by atoms with E-state index in [1.165, 1.54) is 17.8 Å². The predicted molar refractivity (Wildman–Crippen MR) is 70.1 cm³/mol. The molecular formula is C13H15N3S. The van der Waals surface area contributed by atoms with Crippen molar-refractivity contribution in [3.63, 3.8) is 0 Å². The van der Waals surface area contributed by atoms with E-state index in [0.717, 1.165) is 30.4 Å². The number of nitrogens with one attached hydrogen (secondary N) is 1. The third-order valence-corrected chi connectivity index (χ3v) is 3.74. The highest BCUT2D eigenvalue weighted by molar-refractivity contribution is 7.09. The predicted octanol–water partition coefficient (Wildman–Crippen LogP) is 2.50. The van der Waals surface area contributed by atoms with Crippen LogP contribution in [0, 0.1) is 0 Å². The Morgan fingerprint density at radius 1 is 1.29 bits per heavy atom. The first kappa shape index (κ1) is 10.9. The summed E-state index contributed by atoms with van der Waals surface area (Å²) < 4.78 is 0. The van der Waals surface area contributed by atoms with Crippen molar-refractivity contribution in [2.75, 3.05) is 6.54 Å². The van der Waals surface area contributed by atoms with Gasteiger partial charge >= 0.3 is 0 Å². The normalized spacial score (nSPS) is 15.1. The first-order chi connectivity index (χ1) is 8.42. The molecule has 17 heavy (non-hydrogen) atoms. The molecule has 2 aromatic rings. The van der Waals surface area contributed by atoms with Crippen LogP contribution in [0.1, 0.15) is 17.8 Å². The van der Waals surface area contributed by atoms with Gasteiger partial charge in [-0.1, -0.05) is 6.07 Å². The van der Waals surface area contributed by atoms with E-state index in [1.807, 2.05) is 24.4 Å². The van der Waals surface area contributed by atoms with Gasteiger partial charge in [0.05, 0.1) is 16.4 Å². The molecule has 88 valence electrons. The molecule has 0 aliphatic heterocycles. The summed E-state index contributed by atoms with van der Waals surface area (Å²) in [6.45, 7) is 1.04. The van der Waals surface area contributed by atoms with Crippen LogP contribution in [0.25, 0.3) is 11.4 Å². The van der Waals surface area contributed by atoms with Gasteiger partial charge in [0.1, 0.15) is 0 Å². The smallest absolute Gasteiger partial charge is 0.0998 e. The molecular weight excluding hydrogens is 230 g/mol. The number of hydrogen-bond acceptors (Lipinski definition) is 4. The van der Waals surface area contributed by atoms with Crippen LogP contribution in [-0.2, 0) is 6.42 Å². The quantitative estimate of drug-likeness (QED) is 0.879.